The molecule has 0 aliphatic carbocycles. The maximum Gasteiger partial charge on any atom is 0.416 e. The Morgan fingerprint density at radius 3 is 2.08 bits per heavy atom. The molecule has 1 aromatic carbocycles. The largest absolute Gasteiger partial charge is 0.446 e. The number of likely N-dealkylation sites (tertiary alicyclic amines) is 1. The number of hydrogen-bond acceptors (Lipinski definition) is 3. The lowest BCUT2D eigenvalue weighted by Crippen LogP contribution is -2.45. The molecule has 1 aromatic rings. The standard InChI is InChI=1S/C18H23F3N2O3/c1-17(2,3)22-16(25)26-14-8-10-23(11-9-14)15(24)12-4-6-13(7-5-12)18(19,20)21/h4-7,14H,8-11H2,1-3H3,(H,22,25). The van der Waals surface area contributed by atoms with E-state index in [1.54, 1.807) is 4.90 Å². The van der Waals surface area contributed by atoms with Gasteiger partial charge in [0.15, 0.2) is 0 Å². The second-order valence-corrected chi connectivity index (χ2v) is 7.35. The summed E-state index contributed by atoms with van der Waals surface area (Å²) in [5.41, 5.74) is -0.968. The predicted octanol–water partition coefficient (Wildman–Crippen LogP) is 3.83. The number of ether oxygens (including phenoxy) is 1. The molecule has 2 amide bonds. The Bertz CT molecular complexity index is 643. The van der Waals surface area contributed by atoms with E-state index >= 15 is 0 Å². The molecule has 5 nitrogen and oxygen atoms in total. The van der Waals surface area contributed by atoms with Crippen LogP contribution in [0.4, 0.5) is 18.0 Å². The van der Waals surface area contributed by atoms with Gasteiger partial charge in [-0.1, -0.05) is 0 Å². The van der Waals surface area contributed by atoms with Gasteiger partial charge in [0.25, 0.3) is 5.91 Å². The number of nitrogens with one attached hydrogen (secondary N) is 1. The summed E-state index contributed by atoms with van der Waals surface area (Å²) in [4.78, 5) is 25.7. The summed E-state index contributed by atoms with van der Waals surface area (Å²) in [5, 5.41) is 2.71. The van der Waals surface area contributed by atoms with Gasteiger partial charge in [0.1, 0.15) is 6.10 Å². The second kappa shape index (κ2) is 7.55. The summed E-state index contributed by atoms with van der Waals surface area (Å²) >= 11 is 0. The molecule has 0 atom stereocenters. The molecule has 2 rings (SSSR count). The molecule has 1 saturated heterocycles. The van der Waals surface area contributed by atoms with Crippen molar-refractivity contribution >= 4 is 12.0 Å². The van der Waals surface area contributed by atoms with Crippen LogP contribution in [0.2, 0.25) is 0 Å². The summed E-state index contributed by atoms with van der Waals surface area (Å²) in [7, 11) is 0. The van der Waals surface area contributed by atoms with Crippen molar-refractivity contribution in [2.24, 2.45) is 0 Å². The number of amides is 2. The third-order valence-electron chi connectivity index (χ3n) is 3.94. The minimum absolute atomic E-state index is 0.211. The number of hydrogen-bond donors (Lipinski definition) is 1. The molecular formula is C18H23F3N2O3. The Morgan fingerprint density at radius 1 is 1.08 bits per heavy atom. The van der Waals surface area contributed by atoms with Crippen molar-refractivity contribution in [1.82, 2.24) is 10.2 Å². The Kier molecular flexibility index (Phi) is 5.83. The van der Waals surface area contributed by atoms with Crippen LogP contribution in [0.15, 0.2) is 24.3 Å². The molecule has 0 bridgehead atoms. The summed E-state index contributed by atoms with van der Waals surface area (Å²) < 4.78 is 43.1. The zero-order valence-electron chi connectivity index (χ0n) is 15.0. The average molecular weight is 372 g/mol. The highest BCUT2D eigenvalue weighted by Gasteiger charge is 2.31. The average Bonchev–Trinajstić information content (AvgIpc) is 2.52. The van der Waals surface area contributed by atoms with Crippen LogP contribution in [-0.2, 0) is 10.9 Å². The third-order valence-corrected chi connectivity index (χ3v) is 3.94. The van der Waals surface area contributed by atoms with Crippen LogP contribution in [0.25, 0.3) is 0 Å². The van der Waals surface area contributed by atoms with Gasteiger partial charge >= 0.3 is 12.3 Å². The van der Waals surface area contributed by atoms with Crippen molar-refractivity contribution in [3.63, 3.8) is 0 Å². The van der Waals surface area contributed by atoms with Gasteiger partial charge in [0, 0.05) is 37.0 Å². The van der Waals surface area contributed by atoms with Crippen LogP contribution >= 0.6 is 0 Å². The van der Waals surface area contributed by atoms with Crippen molar-refractivity contribution in [3.05, 3.63) is 35.4 Å². The maximum atomic E-state index is 12.6. The Morgan fingerprint density at radius 2 is 1.62 bits per heavy atom. The zero-order chi connectivity index (χ0) is 19.5. The van der Waals surface area contributed by atoms with E-state index < -0.39 is 23.4 Å². The molecule has 26 heavy (non-hydrogen) atoms. The van der Waals surface area contributed by atoms with Gasteiger partial charge in [-0.2, -0.15) is 13.2 Å². The molecule has 0 unspecified atom stereocenters. The molecular weight excluding hydrogens is 349 g/mol. The lowest BCUT2D eigenvalue weighted by atomic mass is 10.1. The van der Waals surface area contributed by atoms with Crippen LogP contribution in [0.3, 0.4) is 0 Å². The first-order valence-electron chi connectivity index (χ1n) is 8.41. The van der Waals surface area contributed by atoms with Crippen LogP contribution in [-0.4, -0.2) is 41.6 Å². The van der Waals surface area contributed by atoms with Crippen molar-refractivity contribution in [2.45, 2.75) is 51.4 Å². The minimum atomic E-state index is -4.43. The van der Waals surface area contributed by atoms with E-state index in [4.69, 9.17) is 4.74 Å². The molecule has 0 aromatic heterocycles. The van der Waals surface area contributed by atoms with Crippen LogP contribution < -0.4 is 5.32 Å². The number of alkyl carbamates (subject to hydrolysis) is 1. The van der Waals surface area contributed by atoms with Crippen LogP contribution in [0.5, 0.6) is 0 Å². The second-order valence-electron chi connectivity index (χ2n) is 7.35. The molecule has 1 aliphatic heterocycles. The van der Waals surface area contributed by atoms with Gasteiger partial charge in [-0.25, -0.2) is 4.79 Å². The highest BCUT2D eigenvalue weighted by molar-refractivity contribution is 5.94. The van der Waals surface area contributed by atoms with E-state index in [1.807, 2.05) is 20.8 Å². The normalized spacial score (nSPS) is 16.3. The first-order chi connectivity index (χ1) is 12.0. The fourth-order valence-corrected chi connectivity index (χ4v) is 2.65. The lowest BCUT2D eigenvalue weighted by molar-refractivity contribution is -0.137. The summed E-state index contributed by atoms with van der Waals surface area (Å²) in [6.07, 6.45) is -4.22. The monoisotopic (exact) mass is 372 g/mol. The fourth-order valence-electron chi connectivity index (χ4n) is 2.65. The fraction of sp³-hybridized carbons (Fsp3) is 0.556. The molecule has 144 valence electrons. The quantitative estimate of drug-likeness (QED) is 0.858. The van der Waals surface area contributed by atoms with E-state index in [2.05, 4.69) is 5.32 Å². The molecule has 8 heteroatoms. The molecule has 0 spiro atoms. The van der Waals surface area contributed by atoms with Crippen molar-refractivity contribution in [3.8, 4) is 0 Å². The first kappa shape index (κ1) is 20.1. The van der Waals surface area contributed by atoms with Crippen molar-refractivity contribution < 1.29 is 27.5 Å². The Labute approximate surface area is 150 Å². The van der Waals surface area contributed by atoms with Crippen LogP contribution in [0.1, 0.15) is 49.5 Å². The number of halogens is 3. The summed E-state index contributed by atoms with van der Waals surface area (Å²) in [5.74, 6) is -0.323. The van der Waals surface area contributed by atoms with Gasteiger partial charge in [-0.3, -0.25) is 4.79 Å². The van der Waals surface area contributed by atoms with Crippen molar-refractivity contribution in [1.29, 1.82) is 0 Å². The Balaban J connectivity index is 1.87. The SMILES string of the molecule is CC(C)(C)NC(=O)OC1CCN(C(=O)c2ccc(C(F)(F)F)cc2)CC1. The maximum absolute atomic E-state index is 12.6. The molecule has 1 aliphatic rings. The number of piperidine rings is 1. The number of benzene rings is 1. The molecule has 1 fully saturated rings. The van der Waals surface area contributed by atoms with Gasteiger partial charge in [0.2, 0.25) is 0 Å². The van der Waals surface area contributed by atoms with Gasteiger partial charge in [-0.05, 0) is 45.0 Å². The molecule has 0 saturated carbocycles. The topological polar surface area (TPSA) is 58.6 Å². The van der Waals surface area contributed by atoms with E-state index in [0.29, 0.717) is 25.9 Å². The predicted molar refractivity (Wildman–Crippen MR) is 89.7 cm³/mol. The molecule has 0 radical (unpaired) electrons. The van der Waals surface area contributed by atoms with E-state index in [1.165, 1.54) is 12.1 Å². The van der Waals surface area contributed by atoms with Gasteiger partial charge in [0.05, 0.1) is 5.56 Å². The van der Waals surface area contributed by atoms with Crippen molar-refractivity contribution in [2.75, 3.05) is 13.1 Å². The van der Waals surface area contributed by atoms with Crippen LogP contribution in [0, 0.1) is 0 Å². The van der Waals surface area contributed by atoms with E-state index in [-0.39, 0.29) is 17.6 Å². The smallest absolute Gasteiger partial charge is 0.416 e. The van der Waals surface area contributed by atoms with E-state index in [9.17, 15) is 22.8 Å². The molecule has 1 heterocycles. The van der Waals surface area contributed by atoms with E-state index in [0.717, 1.165) is 12.1 Å². The van der Waals surface area contributed by atoms with Gasteiger partial charge in [-0.15, -0.1) is 0 Å². The number of carbonyl (C=O) groups is 2. The number of nitrogens with zero attached hydrogens (tertiary/aromatic N) is 1. The first-order valence-corrected chi connectivity index (χ1v) is 8.41. The number of rotatable bonds is 2. The third kappa shape index (κ3) is 5.64. The summed E-state index contributed by atoms with van der Waals surface area (Å²) in [6, 6.07) is 4.18. The highest BCUT2D eigenvalue weighted by atomic mass is 19.4. The highest BCUT2D eigenvalue weighted by Crippen LogP contribution is 2.29. The zero-order valence-corrected chi connectivity index (χ0v) is 15.0. The molecule has 1 N–H and O–H groups in total. The number of alkyl halides is 3. The lowest BCUT2D eigenvalue weighted by Gasteiger charge is -2.32. The number of carbonyl (C=O) groups excluding carboxylic acids is 2. The Hall–Kier alpha value is -2.25. The summed E-state index contributed by atoms with van der Waals surface area (Å²) in [6.45, 7) is 6.30. The minimum Gasteiger partial charge on any atom is -0.446 e. The van der Waals surface area contributed by atoms with Gasteiger partial charge < -0.3 is 15.0 Å².